The minimum Gasteiger partial charge on any atom is -0.495 e. The van der Waals surface area contributed by atoms with E-state index in [4.69, 9.17) is 10.5 Å². The molecule has 0 aliphatic rings. The summed E-state index contributed by atoms with van der Waals surface area (Å²) < 4.78 is 30.7. The largest absolute Gasteiger partial charge is 0.495 e. The first-order valence-corrected chi connectivity index (χ1v) is 11.6. The van der Waals surface area contributed by atoms with Crippen molar-refractivity contribution in [2.45, 2.75) is 51.3 Å². The zero-order valence-corrected chi connectivity index (χ0v) is 18.5. The zero-order chi connectivity index (χ0) is 21.4. The van der Waals surface area contributed by atoms with Crippen LogP contribution in [0.25, 0.3) is 0 Å². The molecule has 6 nitrogen and oxygen atoms in total. The standard InChI is InChI=1S/C22H31N3O3S/c1-5-7-8-17(6-2)15-29(26,27)19-11-9-18(10-12-19)24-25-21-14-22(28-4)20(23)13-16(21)3/h9-14,17H,5-8,15,23H2,1-4H3. The van der Waals surface area contributed by atoms with Gasteiger partial charge in [-0.25, -0.2) is 8.42 Å². The van der Waals surface area contributed by atoms with Gasteiger partial charge in [-0.15, -0.1) is 0 Å². The average Bonchev–Trinajstić information content (AvgIpc) is 2.70. The average molecular weight is 418 g/mol. The van der Waals surface area contributed by atoms with Crippen LogP contribution in [-0.2, 0) is 9.84 Å². The second-order valence-electron chi connectivity index (χ2n) is 7.27. The number of nitrogens with two attached hydrogens (primary N) is 1. The number of benzene rings is 2. The van der Waals surface area contributed by atoms with Crippen LogP contribution in [0.15, 0.2) is 51.5 Å². The molecule has 2 aromatic rings. The second-order valence-corrected chi connectivity index (χ2v) is 9.31. The lowest BCUT2D eigenvalue weighted by molar-refractivity contribution is 0.417. The van der Waals surface area contributed by atoms with Gasteiger partial charge in [0.25, 0.3) is 0 Å². The lowest BCUT2D eigenvalue weighted by atomic mass is 10.0. The number of nitrogen functional groups attached to an aromatic ring is 1. The minimum atomic E-state index is -3.31. The van der Waals surface area contributed by atoms with Gasteiger partial charge in [-0.05, 0) is 55.2 Å². The number of nitrogens with zero attached hydrogens (tertiary/aromatic N) is 2. The third-order valence-electron chi connectivity index (χ3n) is 5.02. The Bertz CT molecular complexity index is 939. The molecule has 2 N–H and O–H groups in total. The van der Waals surface area contributed by atoms with E-state index in [1.54, 1.807) is 43.5 Å². The third-order valence-corrected chi connectivity index (χ3v) is 6.92. The van der Waals surface area contributed by atoms with Crippen molar-refractivity contribution in [1.29, 1.82) is 0 Å². The number of hydrogen-bond acceptors (Lipinski definition) is 6. The van der Waals surface area contributed by atoms with E-state index in [9.17, 15) is 8.42 Å². The van der Waals surface area contributed by atoms with Crippen LogP contribution in [0.3, 0.4) is 0 Å². The van der Waals surface area contributed by atoms with E-state index in [2.05, 4.69) is 17.2 Å². The highest BCUT2D eigenvalue weighted by Gasteiger charge is 2.20. The first kappa shape index (κ1) is 22.9. The summed E-state index contributed by atoms with van der Waals surface area (Å²) in [5.74, 6) is 0.928. The highest BCUT2D eigenvalue weighted by Crippen LogP contribution is 2.32. The summed E-state index contributed by atoms with van der Waals surface area (Å²) in [5.41, 5.74) is 8.53. The molecule has 7 heteroatoms. The number of unbranched alkanes of at least 4 members (excludes halogenated alkanes) is 1. The Morgan fingerprint density at radius 3 is 2.38 bits per heavy atom. The molecule has 0 bridgehead atoms. The number of hydrogen-bond donors (Lipinski definition) is 1. The van der Waals surface area contributed by atoms with Crippen molar-refractivity contribution in [3.8, 4) is 5.75 Å². The molecule has 0 aliphatic carbocycles. The van der Waals surface area contributed by atoms with Gasteiger partial charge >= 0.3 is 0 Å². The molecule has 29 heavy (non-hydrogen) atoms. The second kappa shape index (κ2) is 10.4. The van der Waals surface area contributed by atoms with Crippen LogP contribution >= 0.6 is 0 Å². The predicted molar refractivity (Wildman–Crippen MR) is 118 cm³/mol. The van der Waals surface area contributed by atoms with Gasteiger partial charge < -0.3 is 10.5 Å². The van der Waals surface area contributed by atoms with E-state index in [0.717, 1.165) is 31.2 Å². The van der Waals surface area contributed by atoms with Gasteiger partial charge in [0.1, 0.15) is 5.75 Å². The van der Waals surface area contributed by atoms with Crippen molar-refractivity contribution in [1.82, 2.24) is 0 Å². The maximum atomic E-state index is 12.7. The molecule has 0 aromatic heterocycles. The van der Waals surface area contributed by atoms with Crippen LogP contribution < -0.4 is 10.5 Å². The van der Waals surface area contributed by atoms with E-state index in [1.165, 1.54) is 0 Å². The Labute approximate surface area is 174 Å². The van der Waals surface area contributed by atoms with Crippen LogP contribution in [-0.4, -0.2) is 21.3 Å². The summed E-state index contributed by atoms with van der Waals surface area (Å²) in [7, 11) is -1.76. The molecule has 0 spiro atoms. The summed E-state index contributed by atoms with van der Waals surface area (Å²) in [5, 5.41) is 8.47. The van der Waals surface area contributed by atoms with E-state index in [-0.39, 0.29) is 11.7 Å². The Morgan fingerprint density at radius 2 is 1.79 bits per heavy atom. The van der Waals surface area contributed by atoms with E-state index in [1.807, 2.05) is 13.8 Å². The number of ether oxygens (including phenoxy) is 1. The van der Waals surface area contributed by atoms with Crippen molar-refractivity contribution in [3.05, 3.63) is 42.0 Å². The lowest BCUT2D eigenvalue weighted by Crippen LogP contribution is -2.16. The summed E-state index contributed by atoms with van der Waals surface area (Å²) >= 11 is 0. The SMILES string of the molecule is CCCCC(CC)CS(=O)(=O)c1ccc(N=Nc2cc(OC)c(N)cc2C)cc1. The summed E-state index contributed by atoms with van der Waals surface area (Å²) in [6.07, 6.45) is 3.96. The summed E-state index contributed by atoms with van der Waals surface area (Å²) in [6, 6.07) is 10.1. The Balaban J connectivity index is 2.15. The summed E-state index contributed by atoms with van der Waals surface area (Å²) in [6.45, 7) is 6.06. The van der Waals surface area contributed by atoms with Crippen LogP contribution in [0.2, 0.25) is 0 Å². The Kier molecular flexibility index (Phi) is 8.20. The quantitative estimate of drug-likeness (QED) is 0.379. The summed E-state index contributed by atoms with van der Waals surface area (Å²) in [4.78, 5) is 0.330. The molecule has 0 heterocycles. The molecule has 0 aliphatic heterocycles. The van der Waals surface area contributed by atoms with Crippen molar-refractivity contribution in [2.24, 2.45) is 16.1 Å². The first-order valence-electron chi connectivity index (χ1n) is 9.99. The van der Waals surface area contributed by atoms with Crippen LogP contribution in [0.5, 0.6) is 5.75 Å². The van der Waals surface area contributed by atoms with Crippen LogP contribution in [0.4, 0.5) is 17.1 Å². The molecular weight excluding hydrogens is 386 g/mol. The number of anilines is 1. The first-order chi connectivity index (χ1) is 13.8. The maximum absolute atomic E-state index is 12.7. The van der Waals surface area contributed by atoms with Crippen molar-refractivity contribution < 1.29 is 13.2 Å². The van der Waals surface area contributed by atoms with Crippen molar-refractivity contribution >= 4 is 26.9 Å². The van der Waals surface area contributed by atoms with Gasteiger partial charge in [-0.1, -0.05) is 33.1 Å². The molecule has 0 fully saturated rings. The van der Waals surface area contributed by atoms with Crippen molar-refractivity contribution in [2.75, 3.05) is 18.6 Å². The molecule has 1 unspecified atom stereocenters. The number of aryl methyl sites for hydroxylation is 1. The molecule has 0 saturated heterocycles. The number of azo groups is 1. The maximum Gasteiger partial charge on any atom is 0.178 e. The van der Waals surface area contributed by atoms with E-state index < -0.39 is 9.84 Å². The van der Waals surface area contributed by atoms with Gasteiger partial charge in [-0.3, -0.25) is 0 Å². The fourth-order valence-corrected chi connectivity index (χ4v) is 4.89. The molecule has 158 valence electrons. The van der Waals surface area contributed by atoms with Gasteiger partial charge in [0.2, 0.25) is 0 Å². The number of rotatable bonds is 10. The fourth-order valence-electron chi connectivity index (χ4n) is 3.12. The van der Waals surface area contributed by atoms with Gasteiger partial charge in [0, 0.05) is 6.07 Å². The molecule has 2 aromatic carbocycles. The molecule has 1 atom stereocenters. The predicted octanol–water partition coefficient (Wildman–Crippen LogP) is 5.99. The molecule has 0 radical (unpaired) electrons. The number of methoxy groups -OCH3 is 1. The minimum absolute atomic E-state index is 0.189. The van der Waals surface area contributed by atoms with Crippen LogP contribution in [0, 0.1) is 12.8 Å². The molecular formula is C22H31N3O3S. The third kappa shape index (κ3) is 6.29. The fraction of sp³-hybridized carbons (Fsp3) is 0.455. The molecule has 2 rings (SSSR count). The van der Waals surface area contributed by atoms with E-state index in [0.29, 0.717) is 27.7 Å². The lowest BCUT2D eigenvalue weighted by Gasteiger charge is -2.14. The zero-order valence-electron chi connectivity index (χ0n) is 17.7. The normalized spacial score (nSPS) is 13.0. The molecule has 0 amide bonds. The van der Waals surface area contributed by atoms with Crippen molar-refractivity contribution in [3.63, 3.8) is 0 Å². The smallest absolute Gasteiger partial charge is 0.178 e. The Hall–Kier alpha value is -2.41. The Morgan fingerprint density at radius 1 is 1.10 bits per heavy atom. The number of sulfone groups is 1. The monoisotopic (exact) mass is 417 g/mol. The van der Waals surface area contributed by atoms with Gasteiger partial charge in [0.15, 0.2) is 9.84 Å². The van der Waals surface area contributed by atoms with Gasteiger partial charge in [-0.2, -0.15) is 10.2 Å². The topological polar surface area (TPSA) is 94.1 Å². The molecule has 0 saturated carbocycles. The van der Waals surface area contributed by atoms with Gasteiger partial charge in [0.05, 0.1) is 34.8 Å². The highest BCUT2D eigenvalue weighted by atomic mass is 32.2. The van der Waals surface area contributed by atoms with Crippen LogP contribution in [0.1, 0.15) is 45.1 Å². The van der Waals surface area contributed by atoms with E-state index >= 15 is 0 Å². The highest BCUT2D eigenvalue weighted by molar-refractivity contribution is 7.91.